The zero-order valence-electron chi connectivity index (χ0n) is 12.4. The summed E-state index contributed by atoms with van der Waals surface area (Å²) in [6.45, 7) is 0.721. The Hall–Kier alpha value is -2.16. The van der Waals surface area contributed by atoms with Crippen molar-refractivity contribution in [3.05, 3.63) is 23.9 Å². The second kappa shape index (κ2) is 5.80. The smallest absolute Gasteiger partial charge is 0.305 e. The molecule has 8 nitrogen and oxygen atoms in total. The van der Waals surface area contributed by atoms with Gasteiger partial charge in [0.25, 0.3) is 15.9 Å². The maximum Gasteiger partial charge on any atom is 0.305 e. The van der Waals surface area contributed by atoms with Gasteiger partial charge in [0.05, 0.1) is 17.7 Å². The number of allylic oxidation sites excluding steroid dienone is 2. The van der Waals surface area contributed by atoms with Crippen molar-refractivity contribution < 1.29 is 23.1 Å². The molecule has 0 aromatic carbocycles. The monoisotopic (exact) mass is 339 g/mol. The van der Waals surface area contributed by atoms with E-state index in [1.54, 1.807) is 17.2 Å². The average molecular weight is 339 g/mol. The Morgan fingerprint density at radius 2 is 2.13 bits per heavy atom. The lowest BCUT2D eigenvalue weighted by atomic mass is 10.1. The van der Waals surface area contributed by atoms with Crippen LogP contribution in [-0.2, 0) is 19.6 Å². The Bertz CT molecular complexity index is 738. The van der Waals surface area contributed by atoms with E-state index < -0.39 is 16.0 Å². The van der Waals surface area contributed by atoms with Crippen LogP contribution >= 0.6 is 0 Å². The van der Waals surface area contributed by atoms with E-state index in [1.165, 1.54) is 11.0 Å². The van der Waals surface area contributed by atoms with Gasteiger partial charge in [-0.15, -0.1) is 4.40 Å². The summed E-state index contributed by atoms with van der Waals surface area (Å²) in [6.07, 6.45) is 6.16. The van der Waals surface area contributed by atoms with Crippen LogP contribution in [0.15, 0.2) is 28.3 Å². The van der Waals surface area contributed by atoms with Crippen molar-refractivity contribution >= 4 is 27.7 Å². The molecule has 1 fully saturated rings. The number of nitrogens with zero attached hydrogens (tertiary/aromatic N) is 3. The second-order valence-electron chi connectivity index (χ2n) is 5.71. The number of carbonyl (C=O) groups is 2. The molecule has 3 rings (SSSR count). The van der Waals surface area contributed by atoms with Crippen molar-refractivity contribution in [1.29, 1.82) is 0 Å². The number of hydrogen-bond donors (Lipinski definition) is 1. The molecule has 0 radical (unpaired) electrons. The molecule has 3 aliphatic heterocycles. The maximum atomic E-state index is 12.8. The Morgan fingerprint density at radius 1 is 1.35 bits per heavy atom. The summed E-state index contributed by atoms with van der Waals surface area (Å²) in [5.74, 6) is -1.27. The summed E-state index contributed by atoms with van der Waals surface area (Å²) in [5, 5.41) is 8.96. The fraction of sp³-hybridized carbons (Fsp3) is 0.500. The number of likely N-dealkylation sites (tertiary alicyclic amines) is 1. The summed E-state index contributed by atoms with van der Waals surface area (Å²) >= 11 is 0. The Morgan fingerprint density at radius 3 is 2.87 bits per heavy atom. The first kappa shape index (κ1) is 15.7. The Kier molecular flexibility index (Phi) is 3.97. The predicted molar refractivity (Wildman–Crippen MR) is 82.1 cm³/mol. The molecule has 3 aliphatic rings. The van der Waals surface area contributed by atoms with Crippen molar-refractivity contribution in [2.75, 3.05) is 18.8 Å². The minimum Gasteiger partial charge on any atom is -0.481 e. The molecule has 1 N–H and O–H groups in total. The van der Waals surface area contributed by atoms with Crippen LogP contribution < -0.4 is 0 Å². The number of amidine groups is 1. The molecule has 0 bridgehead atoms. The van der Waals surface area contributed by atoms with Gasteiger partial charge in [-0.3, -0.25) is 9.59 Å². The number of amides is 1. The van der Waals surface area contributed by atoms with Gasteiger partial charge >= 0.3 is 5.97 Å². The lowest BCUT2D eigenvalue weighted by molar-refractivity contribution is -0.139. The van der Waals surface area contributed by atoms with Crippen LogP contribution in [-0.4, -0.2) is 65.9 Å². The lowest BCUT2D eigenvalue weighted by Crippen LogP contribution is -2.45. The van der Waals surface area contributed by atoms with Gasteiger partial charge in [0.15, 0.2) is 5.84 Å². The zero-order chi connectivity index (χ0) is 16.6. The lowest BCUT2D eigenvalue weighted by Gasteiger charge is -2.31. The molecule has 0 aromatic rings. The molecule has 3 heterocycles. The highest BCUT2D eigenvalue weighted by molar-refractivity contribution is 7.90. The molecule has 1 saturated heterocycles. The minimum absolute atomic E-state index is 0.0896. The number of carboxylic acid groups (broad SMARTS) is 1. The molecule has 0 aromatic heterocycles. The van der Waals surface area contributed by atoms with E-state index in [2.05, 4.69) is 4.40 Å². The van der Waals surface area contributed by atoms with Gasteiger partial charge in [0.2, 0.25) is 0 Å². The van der Waals surface area contributed by atoms with Gasteiger partial charge in [-0.25, -0.2) is 8.42 Å². The molecule has 124 valence electrons. The van der Waals surface area contributed by atoms with Crippen LogP contribution in [0.1, 0.15) is 19.3 Å². The number of aliphatic carboxylic acids is 1. The van der Waals surface area contributed by atoms with Crippen LogP contribution in [0.3, 0.4) is 0 Å². The van der Waals surface area contributed by atoms with Gasteiger partial charge in [-0.2, -0.15) is 0 Å². The molecular weight excluding hydrogens is 322 g/mol. The molecule has 0 saturated carbocycles. The van der Waals surface area contributed by atoms with Crippen molar-refractivity contribution in [2.45, 2.75) is 25.3 Å². The zero-order valence-corrected chi connectivity index (χ0v) is 13.2. The Labute approximate surface area is 133 Å². The quantitative estimate of drug-likeness (QED) is 0.772. The summed E-state index contributed by atoms with van der Waals surface area (Å²) in [6, 6.07) is -0.360. The van der Waals surface area contributed by atoms with E-state index in [4.69, 9.17) is 5.11 Å². The van der Waals surface area contributed by atoms with E-state index in [0.29, 0.717) is 13.0 Å². The van der Waals surface area contributed by atoms with Gasteiger partial charge in [-0.1, -0.05) is 0 Å². The van der Waals surface area contributed by atoms with Crippen molar-refractivity contribution in [1.82, 2.24) is 9.80 Å². The Balaban J connectivity index is 1.89. The largest absolute Gasteiger partial charge is 0.481 e. The molecule has 1 atom stereocenters. The highest BCUT2D eigenvalue weighted by atomic mass is 32.2. The molecule has 1 amide bonds. The average Bonchev–Trinajstić information content (AvgIpc) is 2.92. The van der Waals surface area contributed by atoms with Gasteiger partial charge < -0.3 is 14.9 Å². The van der Waals surface area contributed by atoms with Gasteiger partial charge in [0, 0.05) is 25.3 Å². The highest BCUT2D eigenvalue weighted by Gasteiger charge is 2.36. The number of carboxylic acids is 1. The molecule has 1 unspecified atom stereocenters. The number of rotatable bonds is 3. The molecule has 23 heavy (non-hydrogen) atoms. The first-order valence-electron chi connectivity index (χ1n) is 7.38. The normalized spacial score (nSPS) is 25.7. The SMILES string of the molecule is O=C(O)CC1CCCN1C(=O)C1=CC=CN2CCS(=O)(=O)N=C12. The van der Waals surface area contributed by atoms with Crippen LogP contribution in [0.25, 0.3) is 0 Å². The van der Waals surface area contributed by atoms with E-state index >= 15 is 0 Å². The molecular formula is C14H17N3O5S. The van der Waals surface area contributed by atoms with Crippen molar-refractivity contribution in [3.8, 4) is 0 Å². The fourth-order valence-electron chi connectivity index (χ4n) is 3.05. The maximum absolute atomic E-state index is 12.8. The van der Waals surface area contributed by atoms with E-state index in [0.717, 1.165) is 6.42 Å². The molecule has 0 spiro atoms. The minimum atomic E-state index is -3.57. The van der Waals surface area contributed by atoms with Crippen LogP contribution in [0.4, 0.5) is 0 Å². The third-order valence-corrected chi connectivity index (χ3v) is 5.29. The van der Waals surface area contributed by atoms with E-state index in [-0.39, 0.29) is 42.1 Å². The summed E-state index contributed by atoms with van der Waals surface area (Å²) < 4.78 is 27.2. The molecule has 0 aliphatic carbocycles. The highest BCUT2D eigenvalue weighted by Crippen LogP contribution is 2.25. The number of sulfonamides is 1. The second-order valence-corrected chi connectivity index (χ2v) is 7.46. The van der Waals surface area contributed by atoms with Gasteiger partial charge in [0.1, 0.15) is 0 Å². The van der Waals surface area contributed by atoms with Crippen molar-refractivity contribution in [3.63, 3.8) is 0 Å². The van der Waals surface area contributed by atoms with Crippen LogP contribution in [0.5, 0.6) is 0 Å². The first-order chi connectivity index (χ1) is 10.9. The molecule has 9 heteroatoms. The predicted octanol–water partition coefficient (Wildman–Crippen LogP) is -0.0503. The summed E-state index contributed by atoms with van der Waals surface area (Å²) in [4.78, 5) is 26.9. The van der Waals surface area contributed by atoms with E-state index in [1.807, 2.05) is 0 Å². The summed E-state index contributed by atoms with van der Waals surface area (Å²) in [5.41, 5.74) is 0.202. The third-order valence-electron chi connectivity index (χ3n) is 4.14. The third kappa shape index (κ3) is 3.14. The first-order valence-corrected chi connectivity index (χ1v) is 8.99. The van der Waals surface area contributed by atoms with Crippen LogP contribution in [0.2, 0.25) is 0 Å². The number of fused-ring (bicyclic) bond motifs is 1. The number of hydrogen-bond acceptors (Lipinski definition) is 5. The standard InChI is InChI=1S/C14H17N3O5S/c18-12(19)9-10-3-1-6-17(10)14(20)11-4-2-5-16-7-8-23(21,22)15-13(11)16/h2,4-5,10H,1,3,6-9H2,(H,18,19). The van der Waals surface area contributed by atoms with Gasteiger partial charge in [-0.05, 0) is 25.0 Å². The van der Waals surface area contributed by atoms with Crippen LogP contribution in [0, 0.1) is 0 Å². The van der Waals surface area contributed by atoms with E-state index in [9.17, 15) is 18.0 Å². The fourth-order valence-corrected chi connectivity index (χ4v) is 4.04. The topological polar surface area (TPSA) is 107 Å². The number of carbonyl (C=O) groups excluding carboxylic acids is 1. The summed E-state index contributed by atoms with van der Waals surface area (Å²) in [7, 11) is -3.57. The van der Waals surface area contributed by atoms with Crippen molar-refractivity contribution in [2.24, 2.45) is 4.40 Å².